The number of rotatable bonds is 7. The predicted molar refractivity (Wildman–Crippen MR) is 105 cm³/mol. The third kappa shape index (κ3) is 4.92. The van der Waals surface area contributed by atoms with Gasteiger partial charge in [-0.1, -0.05) is 32.6 Å². The lowest BCUT2D eigenvalue weighted by Gasteiger charge is -2.14. The molecule has 1 aromatic carbocycles. The molecule has 1 heterocycles. The Kier molecular flexibility index (Phi) is 7.21. The lowest BCUT2D eigenvalue weighted by Crippen LogP contribution is -2.33. The number of nitrogens with zero attached hydrogens (tertiary/aromatic N) is 2. The average Bonchev–Trinajstić information content (AvgIpc) is 3.44. The standard InChI is InChI=1S/C19H19N3O4.C2H6/c1-2-25-10-7-17(23)21-11-16-12-22(18(24)26-16)15-5-3-14(4-6-15)19(13-20)8-9-19;1-2/h2-7,10,16H,1,8-9,11-12H2,(H,21,23);1-2H3/b10-7+;. The van der Waals surface area contributed by atoms with Gasteiger partial charge >= 0.3 is 6.09 Å². The molecule has 1 aliphatic heterocycles. The molecule has 28 heavy (non-hydrogen) atoms. The van der Waals surface area contributed by atoms with Crippen molar-refractivity contribution in [3.8, 4) is 6.07 Å². The number of nitrogens with one attached hydrogen (secondary N) is 1. The number of amides is 2. The van der Waals surface area contributed by atoms with Gasteiger partial charge in [0.1, 0.15) is 6.10 Å². The second kappa shape index (κ2) is 9.60. The Morgan fingerprint density at radius 2 is 2.11 bits per heavy atom. The van der Waals surface area contributed by atoms with Gasteiger partial charge in [0.2, 0.25) is 5.91 Å². The van der Waals surface area contributed by atoms with Crippen LogP contribution in [0, 0.1) is 11.3 Å². The van der Waals surface area contributed by atoms with Crippen molar-refractivity contribution in [2.24, 2.45) is 0 Å². The maximum Gasteiger partial charge on any atom is 0.414 e. The Labute approximate surface area is 165 Å². The number of hydrogen-bond acceptors (Lipinski definition) is 5. The second-order valence-corrected chi connectivity index (χ2v) is 6.21. The van der Waals surface area contributed by atoms with Crippen LogP contribution in [-0.2, 0) is 19.7 Å². The summed E-state index contributed by atoms with van der Waals surface area (Å²) in [4.78, 5) is 25.2. The fourth-order valence-electron chi connectivity index (χ4n) is 2.82. The molecule has 1 saturated heterocycles. The van der Waals surface area contributed by atoms with Gasteiger partial charge < -0.3 is 14.8 Å². The Balaban J connectivity index is 0.00000136. The highest BCUT2D eigenvalue weighted by atomic mass is 16.6. The van der Waals surface area contributed by atoms with Gasteiger partial charge in [0.25, 0.3) is 0 Å². The molecule has 0 spiro atoms. The summed E-state index contributed by atoms with van der Waals surface area (Å²) in [5, 5.41) is 11.9. The molecule has 1 aromatic rings. The number of ether oxygens (including phenoxy) is 2. The molecular formula is C21H25N3O4. The third-order valence-electron chi connectivity index (χ3n) is 4.47. The Hall–Kier alpha value is -3.27. The summed E-state index contributed by atoms with van der Waals surface area (Å²) in [6.45, 7) is 7.90. The van der Waals surface area contributed by atoms with Crippen molar-refractivity contribution in [2.45, 2.75) is 38.2 Å². The molecule has 3 rings (SSSR count). The summed E-state index contributed by atoms with van der Waals surface area (Å²) >= 11 is 0. The quantitative estimate of drug-likeness (QED) is 0.576. The van der Waals surface area contributed by atoms with Gasteiger partial charge in [0.15, 0.2) is 0 Å². The zero-order chi connectivity index (χ0) is 20.6. The van der Waals surface area contributed by atoms with Crippen LogP contribution in [-0.4, -0.2) is 31.2 Å². The molecule has 7 nitrogen and oxygen atoms in total. The summed E-state index contributed by atoms with van der Waals surface area (Å²) in [6.07, 6.45) is 4.50. The minimum Gasteiger partial charge on any atom is -0.473 e. The molecule has 0 radical (unpaired) electrons. The van der Waals surface area contributed by atoms with E-state index in [0.717, 1.165) is 18.4 Å². The first kappa shape index (κ1) is 21.0. The van der Waals surface area contributed by atoms with Gasteiger partial charge in [-0.2, -0.15) is 5.26 Å². The highest BCUT2D eigenvalue weighted by molar-refractivity contribution is 5.90. The van der Waals surface area contributed by atoms with Gasteiger partial charge in [-0.25, -0.2) is 4.79 Å². The van der Waals surface area contributed by atoms with E-state index in [1.807, 2.05) is 38.1 Å². The number of cyclic esters (lactones) is 1. The van der Waals surface area contributed by atoms with Crippen molar-refractivity contribution in [3.05, 3.63) is 55.0 Å². The molecule has 1 saturated carbocycles. The van der Waals surface area contributed by atoms with Crippen molar-refractivity contribution in [1.29, 1.82) is 5.26 Å². The Bertz CT molecular complexity index is 776. The van der Waals surface area contributed by atoms with Gasteiger partial charge in [-0.3, -0.25) is 9.69 Å². The molecule has 148 valence electrons. The zero-order valence-electron chi connectivity index (χ0n) is 16.2. The van der Waals surface area contributed by atoms with Crippen LogP contribution >= 0.6 is 0 Å². The van der Waals surface area contributed by atoms with Crippen molar-refractivity contribution in [3.63, 3.8) is 0 Å². The topological polar surface area (TPSA) is 91.7 Å². The normalized spacial score (nSPS) is 19.1. The molecular weight excluding hydrogens is 358 g/mol. The average molecular weight is 383 g/mol. The molecule has 1 N–H and O–H groups in total. The lowest BCUT2D eigenvalue weighted by atomic mass is 9.97. The largest absolute Gasteiger partial charge is 0.473 e. The molecule has 1 unspecified atom stereocenters. The smallest absolute Gasteiger partial charge is 0.414 e. The van der Waals surface area contributed by atoms with Gasteiger partial charge in [0, 0.05) is 11.8 Å². The summed E-state index contributed by atoms with van der Waals surface area (Å²) in [6, 6.07) is 9.78. The van der Waals surface area contributed by atoms with E-state index in [0.29, 0.717) is 12.2 Å². The minimum atomic E-state index is -0.455. The SMILES string of the molecule is C=CO/C=C/C(=O)NCC1CN(c2ccc(C3(C#N)CC3)cc2)C(=O)O1.CC. The monoisotopic (exact) mass is 383 g/mol. The second-order valence-electron chi connectivity index (χ2n) is 6.21. The Morgan fingerprint density at radius 1 is 1.43 bits per heavy atom. The van der Waals surface area contributed by atoms with E-state index in [4.69, 9.17) is 9.47 Å². The maximum atomic E-state index is 12.1. The van der Waals surface area contributed by atoms with Crippen molar-refractivity contribution < 1.29 is 19.1 Å². The van der Waals surface area contributed by atoms with E-state index in [1.165, 1.54) is 23.5 Å². The number of carbonyl (C=O) groups excluding carboxylic acids is 2. The first-order valence-electron chi connectivity index (χ1n) is 9.29. The molecule has 2 aliphatic rings. The third-order valence-corrected chi connectivity index (χ3v) is 4.47. The number of hydrogen-bond donors (Lipinski definition) is 1. The van der Waals surface area contributed by atoms with Gasteiger partial charge in [0.05, 0.1) is 37.1 Å². The fourth-order valence-corrected chi connectivity index (χ4v) is 2.82. The van der Waals surface area contributed by atoms with Gasteiger partial charge in [-0.15, -0.1) is 0 Å². The zero-order valence-corrected chi connectivity index (χ0v) is 16.2. The Morgan fingerprint density at radius 3 is 2.68 bits per heavy atom. The minimum absolute atomic E-state index is 0.204. The molecule has 2 amide bonds. The van der Waals surface area contributed by atoms with Crippen molar-refractivity contribution >= 4 is 17.7 Å². The van der Waals surface area contributed by atoms with E-state index in [2.05, 4.69) is 18.0 Å². The first-order valence-corrected chi connectivity index (χ1v) is 9.29. The van der Waals surface area contributed by atoms with Crippen LogP contribution in [0.25, 0.3) is 0 Å². The van der Waals surface area contributed by atoms with Crippen LogP contribution in [0.4, 0.5) is 10.5 Å². The fraction of sp³-hybridized carbons (Fsp3) is 0.381. The van der Waals surface area contributed by atoms with Crippen molar-refractivity contribution in [1.82, 2.24) is 5.32 Å². The van der Waals surface area contributed by atoms with E-state index in [-0.39, 0.29) is 17.9 Å². The van der Waals surface area contributed by atoms with Crippen LogP contribution in [0.2, 0.25) is 0 Å². The van der Waals surface area contributed by atoms with Crippen LogP contribution in [0.3, 0.4) is 0 Å². The first-order chi connectivity index (χ1) is 13.6. The summed E-state index contributed by atoms with van der Waals surface area (Å²) in [5.74, 6) is -0.350. The summed E-state index contributed by atoms with van der Waals surface area (Å²) < 4.78 is 10.0. The summed E-state index contributed by atoms with van der Waals surface area (Å²) in [7, 11) is 0. The lowest BCUT2D eigenvalue weighted by molar-refractivity contribution is -0.116. The number of nitriles is 1. The summed E-state index contributed by atoms with van der Waals surface area (Å²) in [5.41, 5.74) is 1.34. The number of benzene rings is 1. The predicted octanol–water partition coefficient (Wildman–Crippen LogP) is 3.38. The molecule has 0 bridgehead atoms. The van der Waals surface area contributed by atoms with Gasteiger partial charge in [-0.05, 0) is 30.5 Å². The van der Waals surface area contributed by atoms with E-state index in [1.54, 1.807) is 0 Å². The molecule has 7 heteroatoms. The molecule has 0 aromatic heterocycles. The van der Waals surface area contributed by atoms with Crippen LogP contribution in [0.15, 0.2) is 49.4 Å². The molecule has 2 fully saturated rings. The van der Waals surface area contributed by atoms with Crippen LogP contribution in [0.1, 0.15) is 32.3 Å². The molecule has 1 atom stereocenters. The highest BCUT2D eigenvalue weighted by Crippen LogP contribution is 2.47. The van der Waals surface area contributed by atoms with E-state index in [9.17, 15) is 14.9 Å². The van der Waals surface area contributed by atoms with E-state index < -0.39 is 12.2 Å². The number of carbonyl (C=O) groups is 2. The van der Waals surface area contributed by atoms with E-state index >= 15 is 0 Å². The van der Waals surface area contributed by atoms with Crippen molar-refractivity contribution in [2.75, 3.05) is 18.0 Å². The van der Waals surface area contributed by atoms with Crippen LogP contribution in [0.5, 0.6) is 0 Å². The highest BCUT2D eigenvalue weighted by Gasteiger charge is 2.44. The maximum absolute atomic E-state index is 12.1. The van der Waals surface area contributed by atoms with Crippen LogP contribution < -0.4 is 10.2 Å². The molecule has 1 aliphatic carbocycles. The number of anilines is 1.